The van der Waals surface area contributed by atoms with Crippen molar-refractivity contribution in [1.29, 1.82) is 0 Å². The Morgan fingerprint density at radius 1 is 0.902 bits per heavy atom. The number of thioether (sulfide) groups is 1. The molecular formula is C33H31N3O4S. The molecule has 0 bridgehead atoms. The first-order valence-corrected chi connectivity index (χ1v) is 14.9. The van der Waals surface area contributed by atoms with E-state index in [0.717, 1.165) is 22.0 Å². The van der Waals surface area contributed by atoms with Crippen molar-refractivity contribution in [3.05, 3.63) is 103 Å². The number of nitrogens with zero attached hydrogens (tertiary/aromatic N) is 3. The molecule has 4 aliphatic heterocycles. The van der Waals surface area contributed by atoms with Crippen molar-refractivity contribution >= 4 is 45.9 Å². The molecule has 0 aliphatic carbocycles. The van der Waals surface area contributed by atoms with E-state index >= 15 is 0 Å². The van der Waals surface area contributed by atoms with Crippen LogP contribution in [0.1, 0.15) is 11.6 Å². The molecule has 3 aromatic carbocycles. The van der Waals surface area contributed by atoms with Crippen molar-refractivity contribution in [3.63, 3.8) is 0 Å². The maximum atomic E-state index is 14.8. The van der Waals surface area contributed by atoms with Crippen molar-refractivity contribution in [2.75, 3.05) is 31.6 Å². The minimum absolute atomic E-state index is 0.0833. The number of aliphatic hydroxyl groups is 1. The van der Waals surface area contributed by atoms with E-state index in [1.165, 1.54) is 0 Å². The molecule has 2 fully saturated rings. The van der Waals surface area contributed by atoms with Gasteiger partial charge in [-0.2, -0.15) is 0 Å². The fraction of sp³-hybridized carbons (Fsp3) is 0.303. The average molecular weight is 566 g/mol. The third-order valence-corrected chi connectivity index (χ3v) is 10.8. The number of amides is 3. The van der Waals surface area contributed by atoms with Crippen LogP contribution in [0.2, 0.25) is 0 Å². The minimum atomic E-state index is -0.949. The Morgan fingerprint density at radius 3 is 2.44 bits per heavy atom. The number of carbonyl (C=O) groups is 3. The van der Waals surface area contributed by atoms with E-state index in [4.69, 9.17) is 0 Å². The molecule has 41 heavy (non-hydrogen) atoms. The summed E-state index contributed by atoms with van der Waals surface area (Å²) in [5, 5.41) is 12.6. The summed E-state index contributed by atoms with van der Waals surface area (Å²) in [6.07, 6.45) is 8.00. The average Bonchev–Trinajstić information content (AvgIpc) is 3.32. The predicted octanol–water partition coefficient (Wildman–Crippen LogP) is 3.80. The molecule has 3 aromatic rings. The molecule has 4 aliphatic rings. The number of likely N-dealkylation sites (tertiary alicyclic amines) is 1. The molecule has 1 spiro atoms. The Morgan fingerprint density at radius 2 is 1.66 bits per heavy atom. The fourth-order valence-corrected chi connectivity index (χ4v) is 9.14. The molecular weight excluding hydrogens is 534 g/mol. The minimum Gasteiger partial charge on any atom is -0.394 e. The van der Waals surface area contributed by atoms with Crippen molar-refractivity contribution in [3.8, 4) is 0 Å². The summed E-state index contributed by atoms with van der Waals surface area (Å²) in [7, 11) is 1.76. The summed E-state index contributed by atoms with van der Waals surface area (Å²) in [6, 6.07) is 21.7. The summed E-state index contributed by atoms with van der Waals surface area (Å²) in [5.41, 5.74) is 1.50. The zero-order valence-corrected chi connectivity index (χ0v) is 23.5. The first-order chi connectivity index (χ1) is 19.9. The van der Waals surface area contributed by atoms with Gasteiger partial charge in [0.05, 0.1) is 29.2 Å². The first-order valence-electron chi connectivity index (χ1n) is 14.0. The summed E-state index contributed by atoms with van der Waals surface area (Å²) in [4.78, 5) is 48.1. The Bertz CT molecular complexity index is 1610. The van der Waals surface area contributed by atoms with Crippen molar-refractivity contribution in [2.24, 2.45) is 11.8 Å². The highest BCUT2D eigenvalue weighted by Gasteiger charge is 2.71. The lowest BCUT2D eigenvalue weighted by Crippen LogP contribution is -2.54. The van der Waals surface area contributed by atoms with Crippen LogP contribution in [0.5, 0.6) is 0 Å². The van der Waals surface area contributed by atoms with Gasteiger partial charge in [0.1, 0.15) is 6.04 Å². The van der Waals surface area contributed by atoms with Gasteiger partial charge in [-0.1, -0.05) is 85.0 Å². The van der Waals surface area contributed by atoms with E-state index in [9.17, 15) is 19.5 Å². The molecule has 2 saturated heterocycles. The van der Waals surface area contributed by atoms with Crippen molar-refractivity contribution in [1.82, 2.24) is 9.80 Å². The van der Waals surface area contributed by atoms with Gasteiger partial charge in [-0.05, 0) is 28.5 Å². The van der Waals surface area contributed by atoms with E-state index in [1.54, 1.807) is 33.5 Å². The lowest BCUT2D eigenvalue weighted by Gasteiger charge is -2.38. The zero-order chi connectivity index (χ0) is 28.3. The summed E-state index contributed by atoms with van der Waals surface area (Å²) < 4.78 is -0.949. The Labute approximate surface area is 243 Å². The van der Waals surface area contributed by atoms with E-state index < -0.39 is 28.7 Å². The number of carbonyl (C=O) groups excluding carboxylic acids is 3. The van der Waals surface area contributed by atoms with Gasteiger partial charge in [0.25, 0.3) is 5.91 Å². The maximum absolute atomic E-state index is 14.8. The van der Waals surface area contributed by atoms with E-state index in [1.807, 2.05) is 97.1 Å². The molecule has 1 N–H and O–H groups in total. The maximum Gasteiger partial charge on any atom is 0.251 e. The number of fused-ring (bicyclic) bond motifs is 3. The third-order valence-electron chi connectivity index (χ3n) is 9.04. The largest absolute Gasteiger partial charge is 0.394 e. The molecule has 7 nitrogen and oxygen atoms in total. The smallest absolute Gasteiger partial charge is 0.251 e. The first kappa shape index (κ1) is 26.0. The highest BCUT2D eigenvalue weighted by molar-refractivity contribution is 8.02. The van der Waals surface area contributed by atoms with Crippen LogP contribution >= 0.6 is 11.8 Å². The van der Waals surface area contributed by atoms with E-state index in [0.29, 0.717) is 13.1 Å². The van der Waals surface area contributed by atoms with Gasteiger partial charge < -0.3 is 19.8 Å². The lowest BCUT2D eigenvalue weighted by atomic mass is 9.78. The Balaban J connectivity index is 1.39. The topological polar surface area (TPSA) is 81.2 Å². The van der Waals surface area contributed by atoms with Crippen LogP contribution in [-0.4, -0.2) is 75.4 Å². The number of aliphatic hydroxyl groups excluding tert-OH is 1. The van der Waals surface area contributed by atoms with Gasteiger partial charge in [0.2, 0.25) is 11.8 Å². The molecule has 6 atom stereocenters. The van der Waals surface area contributed by atoms with Crippen LogP contribution < -0.4 is 4.90 Å². The van der Waals surface area contributed by atoms with Crippen molar-refractivity contribution in [2.45, 2.75) is 22.1 Å². The number of anilines is 1. The van der Waals surface area contributed by atoms with Gasteiger partial charge in [-0.25, -0.2) is 0 Å². The Hall–Kier alpha value is -3.88. The van der Waals surface area contributed by atoms with E-state index in [2.05, 4.69) is 0 Å². The van der Waals surface area contributed by atoms with Gasteiger partial charge in [0.15, 0.2) is 0 Å². The quantitative estimate of drug-likeness (QED) is 0.487. The van der Waals surface area contributed by atoms with Gasteiger partial charge in [-0.15, -0.1) is 11.8 Å². The fourth-order valence-electron chi connectivity index (χ4n) is 7.14. The number of hydrogen-bond acceptors (Lipinski definition) is 5. The second-order valence-electron chi connectivity index (χ2n) is 11.2. The molecule has 208 valence electrons. The van der Waals surface area contributed by atoms with Crippen LogP contribution in [0, 0.1) is 11.8 Å². The monoisotopic (exact) mass is 565 g/mol. The number of hydrogen-bond donors (Lipinski definition) is 1. The second-order valence-corrected chi connectivity index (χ2v) is 12.7. The predicted molar refractivity (Wildman–Crippen MR) is 160 cm³/mol. The number of rotatable bonds is 4. The molecule has 0 saturated carbocycles. The lowest BCUT2D eigenvalue weighted by molar-refractivity contribution is -0.144. The number of likely N-dealkylation sites (N-methyl/N-ethyl adjacent to an activating group) is 1. The zero-order valence-electron chi connectivity index (χ0n) is 22.7. The third kappa shape index (κ3) is 3.88. The van der Waals surface area contributed by atoms with E-state index in [-0.39, 0.29) is 29.6 Å². The molecule has 1 unspecified atom stereocenters. The van der Waals surface area contributed by atoms with Crippen LogP contribution in [-0.2, 0) is 14.4 Å². The van der Waals surface area contributed by atoms with Crippen molar-refractivity contribution < 1.29 is 19.5 Å². The molecule has 4 heterocycles. The molecule has 3 amide bonds. The molecule has 8 heteroatoms. The van der Waals surface area contributed by atoms with Crippen LogP contribution in [0.25, 0.3) is 10.8 Å². The van der Waals surface area contributed by atoms with Crippen LogP contribution in [0.4, 0.5) is 5.69 Å². The van der Waals surface area contributed by atoms with Crippen LogP contribution in [0.3, 0.4) is 0 Å². The summed E-state index contributed by atoms with van der Waals surface area (Å²) in [6.45, 7) is 0.495. The molecule has 7 rings (SSSR count). The van der Waals surface area contributed by atoms with Crippen LogP contribution in [0.15, 0.2) is 97.1 Å². The normalized spacial score (nSPS) is 29.8. The Kier molecular flexibility index (Phi) is 6.28. The van der Waals surface area contributed by atoms with Gasteiger partial charge in [0, 0.05) is 31.1 Å². The highest BCUT2D eigenvalue weighted by atomic mass is 32.2. The summed E-state index contributed by atoms with van der Waals surface area (Å²) in [5.74, 6) is -1.86. The number of benzene rings is 3. The summed E-state index contributed by atoms with van der Waals surface area (Å²) >= 11 is 1.55. The molecule has 0 aromatic heterocycles. The van der Waals surface area contributed by atoms with Gasteiger partial charge >= 0.3 is 0 Å². The standard InChI is InChI=1S/C33H31N3O4S/c1-34-17-7-13-26-27(30(34)38)28-31(39)36(25(20-37)22-10-3-2-4-11-22)29-32(40)35(18-8-16-33(28,29)41-26)24-15-14-21-9-5-6-12-23(21)19-24/h2-16,19,25-29,37H,17-18,20H2,1H3/t25-,26-,27+,28+,29?,33+/m1/s1. The highest BCUT2D eigenvalue weighted by Crippen LogP contribution is 2.62. The SMILES string of the molecule is CN1CC=C[C@H]2S[C@]34C=CCN(c5ccc6ccccc6c5)C(=O)C3N([C@H](CO)c3ccccc3)C(=O)[C@@H]4[C@H]2C1=O. The molecule has 0 radical (unpaired) electrons. The second kappa shape index (κ2) is 9.89. The van der Waals surface area contributed by atoms with Gasteiger partial charge in [-0.3, -0.25) is 14.4 Å².